The first-order chi connectivity index (χ1) is 12.7. The first kappa shape index (κ1) is 20.6. The third-order valence-corrected chi connectivity index (χ3v) is 5.73. The molecule has 0 radical (unpaired) electrons. The van der Waals surface area contributed by atoms with Crippen molar-refractivity contribution in [3.63, 3.8) is 0 Å². The molecular formula is C15H10ClF5NO5S+. The third kappa shape index (κ3) is 3.35. The van der Waals surface area contributed by atoms with Gasteiger partial charge in [-0.25, -0.2) is 17.2 Å². The van der Waals surface area contributed by atoms with Gasteiger partial charge in [0.15, 0.2) is 5.75 Å². The van der Waals surface area contributed by atoms with Crippen LogP contribution in [0.1, 0.15) is 17.2 Å². The number of hydrogen-bond acceptors (Lipinski definition) is 5. The third-order valence-electron chi connectivity index (χ3n) is 3.98. The molecule has 0 spiro atoms. The smallest absolute Gasteiger partial charge is 0.451 e. The van der Waals surface area contributed by atoms with Crippen molar-refractivity contribution in [2.75, 3.05) is 0 Å². The molecule has 0 saturated heterocycles. The summed E-state index contributed by atoms with van der Waals surface area (Å²) in [5.41, 5.74) is -7.44. The van der Waals surface area contributed by atoms with E-state index in [1.54, 1.807) is 0 Å². The summed E-state index contributed by atoms with van der Waals surface area (Å²) in [5.74, 6) is -4.51. The van der Waals surface area contributed by atoms with E-state index in [2.05, 4.69) is 0 Å². The molecule has 0 amide bonds. The molecule has 2 N–H and O–H groups in total. The van der Waals surface area contributed by atoms with Crippen LogP contribution in [0.3, 0.4) is 0 Å². The summed E-state index contributed by atoms with van der Waals surface area (Å²) >= 11 is 5.71. The van der Waals surface area contributed by atoms with Crippen LogP contribution in [0.15, 0.2) is 35.5 Å². The maximum absolute atomic E-state index is 14.0. The van der Waals surface area contributed by atoms with Crippen molar-refractivity contribution >= 4 is 21.4 Å². The number of rotatable bonds is 3. The van der Waals surface area contributed by atoms with E-state index >= 15 is 0 Å². The van der Waals surface area contributed by atoms with E-state index in [4.69, 9.17) is 16.3 Å². The minimum absolute atomic E-state index is 0.0155. The number of hydrogen-bond donors (Lipinski definition) is 2. The highest BCUT2D eigenvalue weighted by molar-refractivity contribution is 7.92. The standard InChI is InChI=1S/C15H10ClF5NO5S/c16-7-3-8(6-22(24)5-7)27-10-1-2-11(28(25,26)15(19,20)21)12-9(10)4-14(17,18)13(12)23/h1-3,5-6,13,23-24H,4H2/q+1/t13-/m0/s1. The zero-order valence-corrected chi connectivity index (χ0v) is 15.0. The molecule has 13 heteroatoms. The van der Waals surface area contributed by atoms with Gasteiger partial charge >= 0.3 is 5.51 Å². The van der Waals surface area contributed by atoms with Crippen LogP contribution >= 0.6 is 11.6 Å². The molecule has 1 heterocycles. The number of alkyl halides is 5. The topological polar surface area (TPSA) is 87.7 Å². The van der Waals surface area contributed by atoms with Crippen molar-refractivity contribution < 1.29 is 50.2 Å². The van der Waals surface area contributed by atoms with Crippen LogP contribution in [-0.2, 0) is 16.3 Å². The van der Waals surface area contributed by atoms with E-state index in [-0.39, 0.29) is 10.8 Å². The highest BCUT2D eigenvalue weighted by atomic mass is 35.5. The molecule has 0 saturated carbocycles. The molecule has 0 bridgehead atoms. The summed E-state index contributed by atoms with van der Waals surface area (Å²) in [4.78, 5) is -1.48. The molecule has 1 aromatic heterocycles. The first-order valence-electron chi connectivity index (χ1n) is 7.36. The van der Waals surface area contributed by atoms with E-state index in [1.165, 1.54) is 6.07 Å². The summed E-state index contributed by atoms with van der Waals surface area (Å²) in [7, 11) is -6.00. The number of sulfone groups is 1. The van der Waals surface area contributed by atoms with Gasteiger partial charge in [0.05, 0.1) is 4.90 Å². The monoisotopic (exact) mass is 446 g/mol. The Morgan fingerprint density at radius 1 is 1.25 bits per heavy atom. The Balaban J connectivity index is 2.19. The minimum Gasteiger partial charge on any atom is -0.451 e. The number of fused-ring (bicyclic) bond motifs is 1. The van der Waals surface area contributed by atoms with Gasteiger partial charge < -0.3 is 9.84 Å². The molecule has 1 aromatic carbocycles. The molecule has 1 atom stereocenters. The Morgan fingerprint density at radius 2 is 1.89 bits per heavy atom. The Bertz CT molecular complexity index is 1040. The van der Waals surface area contributed by atoms with Crippen LogP contribution in [-0.4, -0.2) is 30.2 Å². The fourth-order valence-electron chi connectivity index (χ4n) is 2.79. The van der Waals surface area contributed by atoms with Crippen LogP contribution in [0.5, 0.6) is 11.5 Å². The molecule has 6 nitrogen and oxygen atoms in total. The van der Waals surface area contributed by atoms with Gasteiger partial charge in [0, 0.05) is 28.3 Å². The van der Waals surface area contributed by atoms with Crippen LogP contribution in [0.2, 0.25) is 5.02 Å². The average Bonchev–Trinajstić information content (AvgIpc) is 2.76. The molecular weight excluding hydrogens is 437 g/mol. The van der Waals surface area contributed by atoms with Crippen molar-refractivity contribution in [1.29, 1.82) is 0 Å². The van der Waals surface area contributed by atoms with Gasteiger partial charge in [-0.15, -0.1) is 0 Å². The number of benzene rings is 1. The van der Waals surface area contributed by atoms with Crippen LogP contribution in [0.25, 0.3) is 0 Å². The van der Waals surface area contributed by atoms with E-state index in [0.29, 0.717) is 10.8 Å². The largest absolute Gasteiger partial charge is 0.501 e. The number of aromatic nitrogens is 1. The molecule has 0 fully saturated rings. The zero-order valence-electron chi connectivity index (χ0n) is 13.4. The van der Waals surface area contributed by atoms with Gasteiger partial charge in [0.25, 0.3) is 22.0 Å². The molecule has 3 rings (SSSR count). The lowest BCUT2D eigenvalue weighted by atomic mass is 10.1. The molecule has 1 aliphatic rings. The van der Waals surface area contributed by atoms with Crippen molar-refractivity contribution in [2.45, 2.75) is 28.9 Å². The van der Waals surface area contributed by atoms with Gasteiger partial charge in [0.2, 0.25) is 6.20 Å². The summed E-state index contributed by atoms with van der Waals surface area (Å²) in [5, 5.41) is 19.2. The summed E-state index contributed by atoms with van der Waals surface area (Å²) in [6.07, 6.45) is -1.99. The van der Waals surface area contributed by atoms with E-state index < -0.39 is 55.6 Å². The van der Waals surface area contributed by atoms with Crippen LogP contribution < -0.4 is 9.47 Å². The molecule has 2 aromatic rings. The molecule has 0 aliphatic heterocycles. The predicted molar refractivity (Wildman–Crippen MR) is 82.2 cm³/mol. The summed E-state index contributed by atoms with van der Waals surface area (Å²) in [6, 6.07) is 2.36. The molecule has 0 unspecified atom stereocenters. The predicted octanol–water partition coefficient (Wildman–Crippen LogP) is 3.18. The number of aliphatic hydroxyl groups is 1. The van der Waals surface area contributed by atoms with E-state index in [0.717, 1.165) is 18.5 Å². The van der Waals surface area contributed by atoms with Gasteiger partial charge in [-0.1, -0.05) is 11.6 Å². The summed E-state index contributed by atoms with van der Waals surface area (Å²) < 4.78 is 96.0. The van der Waals surface area contributed by atoms with Crippen molar-refractivity contribution in [3.8, 4) is 11.5 Å². The Hall–Kier alpha value is -2.18. The Labute approximate surface area is 159 Å². The first-order valence-corrected chi connectivity index (χ1v) is 9.22. The lowest BCUT2D eigenvalue weighted by Crippen LogP contribution is -2.28. The number of halogens is 6. The summed E-state index contributed by atoms with van der Waals surface area (Å²) in [6.45, 7) is 0. The fourth-order valence-corrected chi connectivity index (χ4v) is 4.02. The zero-order chi connectivity index (χ0) is 21.1. The second-order valence-corrected chi connectivity index (χ2v) is 8.26. The number of ether oxygens (including phenoxy) is 1. The Kier molecular flexibility index (Phi) is 4.72. The highest BCUT2D eigenvalue weighted by Gasteiger charge is 2.55. The fraction of sp³-hybridized carbons (Fsp3) is 0.267. The SMILES string of the molecule is O=S(=O)(c1ccc(Oc2cc(Cl)c[n+](O)c2)c2c1[C@H](O)C(F)(F)C2)C(F)(F)F. The van der Waals surface area contributed by atoms with Gasteiger partial charge in [-0.2, -0.15) is 13.2 Å². The molecule has 152 valence electrons. The number of nitrogens with zero attached hydrogens (tertiary/aromatic N) is 1. The van der Waals surface area contributed by atoms with Crippen molar-refractivity contribution in [1.82, 2.24) is 0 Å². The van der Waals surface area contributed by atoms with Gasteiger partial charge in [0.1, 0.15) is 16.9 Å². The highest BCUT2D eigenvalue weighted by Crippen LogP contribution is 2.51. The van der Waals surface area contributed by atoms with Gasteiger partial charge in [-0.05, 0) is 12.1 Å². The van der Waals surface area contributed by atoms with Crippen molar-refractivity contribution in [3.05, 3.63) is 46.7 Å². The van der Waals surface area contributed by atoms with Crippen LogP contribution in [0, 0.1) is 0 Å². The van der Waals surface area contributed by atoms with Crippen LogP contribution in [0.4, 0.5) is 22.0 Å². The maximum atomic E-state index is 14.0. The van der Waals surface area contributed by atoms with Gasteiger partial charge in [-0.3, -0.25) is 5.21 Å². The van der Waals surface area contributed by atoms with Crippen molar-refractivity contribution in [2.24, 2.45) is 0 Å². The normalized spacial score (nSPS) is 18.8. The molecule has 1 aliphatic carbocycles. The second-order valence-electron chi connectivity index (χ2n) is 5.92. The lowest BCUT2D eigenvalue weighted by Gasteiger charge is -2.17. The number of pyridine rings is 1. The second kappa shape index (κ2) is 6.42. The van der Waals surface area contributed by atoms with E-state index in [1.807, 2.05) is 0 Å². The molecule has 28 heavy (non-hydrogen) atoms. The minimum atomic E-state index is -6.00. The average molecular weight is 447 g/mol. The van der Waals surface area contributed by atoms with E-state index in [9.17, 15) is 40.7 Å². The lowest BCUT2D eigenvalue weighted by molar-refractivity contribution is -0.904. The Morgan fingerprint density at radius 3 is 2.46 bits per heavy atom. The maximum Gasteiger partial charge on any atom is 0.501 e. The number of aliphatic hydroxyl groups excluding tert-OH is 1. The quantitative estimate of drug-likeness (QED) is 0.429.